The van der Waals surface area contributed by atoms with E-state index in [1.165, 1.54) is 17.7 Å². The van der Waals surface area contributed by atoms with Crippen LogP contribution in [0.2, 0.25) is 0 Å². The highest BCUT2D eigenvalue weighted by Crippen LogP contribution is 2.19. The van der Waals surface area contributed by atoms with Crippen molar-refractivity contribution in [2.45, 2.75) is 40.2 Å². The van der Waals surface area contributed by atoms with Gasteiger partial charge in [0.1, 0.15) is 6.61 Å². The van der Waals surface area contributed by atoms with E-state index < -0.39 is 0 Å². The Morgan fingerprint density at radius 3 is 2.63 bits per heavy atom. The molecule has 1 aromatic heterocycles. The third-order valence-corrected chi connectivity index (χ3v) is 4.44. The zero-order valence-corrected chi connectivity index (χ0v) is 13.1. The van der Waals surface area contributed by atoms with Gasteiger partial charge in [0, 0.05) is 23.5 Å². The van der Waals surface area contributed by atoms with Crippen molar-refractivity contribution in [1.82, 2.24) is 4.90 Å². The smallest absolute Gasteiger partial charge is 0.104 e. The minimum absolute atomic E-state index is 0.0689. The van der Waals surface area contributed by atoms with E-state index in [9.17, 15) is 0 Å². The van der Waals surface area contributed by atoms with Crippen molar-refractivity contribution in [2.24, 2.45) is 5.92 Å². The van der Waals surface area contributed by atoms with Gasteiger partial charge in [0.15, 0.2) is 0 Å². The van der Waals surface area contributed by atoms with E-state index in [1.807, 2.05) is 6.07 Å². The predicted octanol–water partition coefficient (Wildman–Crippen LogP) is 3.35. The molecule has 0 aliphatic rings. The summed E-state index contributed by atoms with van der Waals surface area (Å²) >= 11 is 1.76. The summed E-state index contributed by atoms with van der Waals surface area (Å²) in [7, 11) is 0. The highest BCUT2D eigenvalue weighted by atomic mass is 32.1. The fraction of sp³-hybridized carbons (Fsp3) is 0.625. The lowest BCUT2D eigenvalue weighted by Crippen LogP contribution is -2.28. The van der Waals surface area contributed by atoms with Crippen LogP contribution in [0.5, 0.6) is 0 Å². The quantitative estimate of drug-likeness (QED) is 0.774. The monoisotopic (exact) mass is 279 g/mol. The maximum Gasteiger partial charge on any atom is 0.104 e. The molecule has 1 N–H and O–H groups in total. The van der Waals surface area contributed by atoms with Gasteiger partial charge < -0.3 is 5.11 Å². The Bertz CT molecular complexity index is 412. The van der Waals surface area contributed by atoms with Crippen LogP contribution in [0.15, 0.2) is 11.4 Å². The molecule has 1 heterocycles. The molecule has 1 aromatic rings. The lowest BCUT2D eigenvalue weighted by molar-refractivity contribution is 0.228. The Kier molecular flexibility index (Phi) is 7.81. The summed E-state index contributed by atoms with van der Waals surface area (Å²) in [6, 6.07) is 2.05. The zero-order chi connectivity index (χ0) is 14.1. The van der Waals surface area contributed by atoms with Gasteiger partial charge in [-0.3, -0.25) is 4.90 Å². The van der Waals surface area contributed by atoms with Crippen molar-refractivity contribution in [3.05, 3.63) is 21.9 Å². The molecule has 0 saturated heterocycles. The number of thiophene rings is 1. The minimum Gasteiger partial charge on any atom is -0.384 e. The molecular weight excluding hydrogens is 254 g/mol. The van der Waals surface area contributed by atoms with Crippen LogP contribution in [0.3, 0.4) is 0 Å². The molecule has 3 heteroatoms. The van der Waals surface area contributed by atoms with E-state index in [4.69, 9.17) is 5.11 Å². The largest absolute Gasteiger partial charge is 0.384 e. The molecule has 0 radical (unpaired) electrons. The first-order valence-corrected chi connectivity index (χ1v) is 8.01. The molecular formula is C16H25NOS. The summed E-state index contributed by atoms with van der Waals surface area (Å²) < 4.78 is 0. The minimum atomic E-state index is -0.0689. The van der Waals surface area contributed by atoms with E-state index >= 15 is 0 Å². The Morgan fingerprint density at radius 1 is 1.32 bits per heavy atom. The van der Waals surface area contributed by atoms with Gasteiger partial charge in [-0.15, -0.1) is 11.3 Å². The van der Waals surface area contributed by atoms with Gasteiger partial charge in [-0.05, 0) is 23.9 Å². The summed E-state index contributed by atoms with van der Waals surface area (Å²) in [5, 5.41) is 10.9. The van der Waals surface area contributed by atoms with Crippen LogP contribution in [-0.2, 0) is 6.54 Å². The normalized spacial score (nSPS) is 10.8. The molecule has 0 aliphatic heterocycles. The highest BCUT2D eigenvalue weighted by Gasteiger charge is 2.12. The summed E-state index contributed by atoms with van der Waals surface area (Å²) in [5.41, 5.74) is 1.07. The SMILES string of the molecule is CCC(CC)CN(CC)Cc1sccc1C#CCO. The molecule has 0 aliphatic carbocycles. The first-order chi connectivity index (χ1) is 9.24. The Morgan fingerprint density at radius 2 is 2.05 bits per heavy atom. The Labute approximate surface area is 121 Å². The second-order valence-electron chi connectivity index (χ2n) is 4.73. The Balaban J connectivity index is 2.67. The van der Waals surface area contributed by atoms with Crippen LogP contribution in [0.4, 0.5) is 0 Å². The number of hydrogen-bond donors (Lipinski definition) is 1. The molecule has 0 spiro atoms. The molecule has 1 rings (SSSR count). The van der Waals surface area contributed by atoms with Crippen molar-refractivity contribution in [3.8, 4) is 11.8 Å². The van der Waals surface area contributed by atoms with Gasteiger partial charge in [0.05, 0.1) is 0 Å². The second kappa shape index (κ2) is 9.14. The maximum absolute atomic E-state index is 8.79. The summed E-state index contributed by atoms with van der Waals surface area (Å²) in [6.07, 6.45) is 2.49. The highest BCUT2D eigenvalue weighted by molar-refractivity contribution is 7.10. The van der Waals surface area contributed by atoms with E-state index in [0.29, 0.717) is 0 Å². The molecule has 19 heavy (non-hydrogen) atoms. The number of hydrogen-bond acceptors (Lipinski definition) is 3. The van der Waals surface area contributed by atoms with Crippen LogP contribution < -0.4 is 0 Å². The van der Waals surface area contributed by atoms with Crippen LogP contribution in [0.25, 0.3) is 0 Å². The first kappa shape index (κ1) is 16.2. The van der Waals surface area contributed by atoms with Crippen LogP contribution in [-0.4, -0.2) is 29.7 Å². The molecule has 0 amide bonds. The van der Waals surface area contributed by atoms with Crippen molar-refractivity contribution in [2.75, 3.05) is 19.7 Å². The third kappa shape index (κ3) is 5.36. The molecule has 106 valence electrons. The second-order valence-corrected chi connectivity index (χ2v) is 5.73. The third-order valence-electron chi connectivity index (χ3n) is 3.53. The van der Waals surface area contributed by atoms with E-state index in [0.717, 1.165) is 31.1 Å². The maximum atomic E-state index is 8.79. The molecule has 2 nitrogen and oxygen atoms in total. The number of aliphatic hydroxyl groups is 1. The van der Waals surface area contributed by atoms with Gasteiger partial charge >= 0.3 is 0 Å². The molecule has 0 unspecified atom stereocenters. The van der Waals surface area contributed by atoms with E-state index in [1.54, 1.807) is 11.3 Å². The van der Waals surface area contributed by atoms with E-state index in [-0.39, 0.29) is 6.61 Å². The van der Waals surface area contributed by atoms with Crippen LogP contribution in [0, 0.1) is 17.8 Å². The average molecular weight is 279 g/mol. The summed E-state index contributed by atoms with van der Waals surface area (Å²) in [6.45, 7) is 9.89. The van der Waals surface area contributed by atoms with E-state index in [2.05, 4.69) is 42.9 Å². The molecule has 0 saturated carbocycles. The molecule has 0 bridgehead atoms. The van der Waals surface area contributed by atoms with Gasteiger partial charge in [0.25, 0.3) is 0 Å². The van der Waals surface area contributed by atoms with Gasteiger partial charge in [0.2, 0.25) is 0 Å². The predicted molar refractivity (Wildman–Crippen MR) is 83.3 cm³/mol. The fourth-order valence-corrected chi connectivity index (χ4v) is 3.00. The molecule has 0 atom stereocenters. The van der Waals surface area contributed by atoms with Gasteiger partial charge in [-0.1, -0.05) is 45.5 Å². The number of rotatable bonds is 7. The summed E-state index contributed by atoms with van der Waals surface area (Å²) in [5.74, 6) is 6.56. The topological polar surface area (TPSA) is 23.5 Å². The first-order valence-electron chi connectivity index (χ1n) is 7.13. The van der Waals surface area contributed by atoms with Crippen molar-refractivity contribution < 1.29 is 5.11 Å². The lowest BCUT2D eigenvalue weighted by Gasteiger charge is -2.24. The number of nitrogens with zero attached hydrogens (tertiary/aromatic N) is 1. The lowest BCUT2D eigenvalue weighted by atomic mass is 10.0. The molecule has 0 fully saturated rings. The van der Waals surface area contributed by atoms with Gasteiger partial charge in [-0.25, -0.2) is 0 Å². The number of aliphatic hydroxyl groups excluding tert-OH is 1. The summed E-state index contributed by atoms with van der Waals surface area (Å²) in [4.78, 5) is 3.81. The van der Waals surface area contributed by atoms with Crippen molar-refractivity contribution in [1.29, 1.82) is 0 Å². The molecule has 0 aromatic carbocycles. The zero-order valence-electron chi connectivity index (χ0n) is 12.3. The van der Waals surface area contributed by atoms with Crippen molar-refractivity contribution >= 4 is 11.3 Å². The standard InChI is InChI=1S/C16H25NOS/c1-4-14(5-2)12-17(6-3)13-16-15(8-7-10-18)9-11-19-16/h9,11,14,18H,4-6,10,12-13H2,1-3H3. The van der Waals surface area contributed by atoms with Crippen molar-refractivity contribution in [3.63, 3.8) is 0 Å². The van der Waals surface area contributed by atoms with Crippen LogP contribution >= 0.6 is 11.3 Å². The van der Waals surface area contributed by atoms with Crippen LogP contribution in [0.1, 0.15) is 44.1 Å². The fourth-order valence-electron chi connectivity index (χ4n) is 2.13. The average Bonchev–Trinajstić information content (AvgIpc) is 2.88. The Hall–Kier alpha value is -0.820. The van der Waals surface area contributed by atoms with Gasteiger partial charge in [-0.2, -0.15) is 0 Å².